The predicted octanol–water partition coefficient (Wildman–Crippen LogP) is 3.80. The highest BCUT2D eigenvalue weighted by molar-refractivity contribution is 5.67. The summed E-state index contributed by atoms with van der Waals surface area (Å²) in [5, 5.41) is 11.8. The lowest BCUT2D eigenvalue weighted by Crippen LogP contribution is -2.23. The molecule has 0 bridgehead atoms. The molecule has 0 saturated heterocycles. The van der Waals surface area contributed by atoms with Gasteiger partial charge in [-0.15, -0.1) is 0 Å². The van der Waals surface area contributed by atoms with Crippen molar-refractivity contribution >= 4 is 6.09 Å². The number of rotatable bonds is 8. The Morgan fingerprint density at radius 3 is 2.58 bits per heavy atom. The highest BCUT2D eigenvalue weighted by Crippen LogP contribution is 2.29. The zero-order chi connectivity index (χ0) is 18.8. The molecule has 0 fully saturated rings. The van der Waals surface area contributed by atoms with E-state index in [-0.39, 0.29) is 13.2 Å². The first kappa shape index (κ1) is 19.1. The number of methoxy groups -OCH3 is 1. The Morgan fingerprint density at radius 2 is 1.92 bits per heavy atom. The Labute approximate surface area is 153 Å². The Balaban J connectivity index is 1.92. The number of hydrogen-bond acceptors (Lipinski definition) is 5. The molecule has 0 aromatic heterocycles. The van der Waals surface area contributed by atoms with Crippen molar-refractivity contribution in [1.82, 2.24) is 5.32 Å². The number of alkyl carbamates (subject to hydrolysis) is 1. The minimum atomic E-state index is -0.553. The molecule has 26 heavy (non-hydrogen) atoms. The molecule has 6 heteroatoms. The van der Waals surface area contributed by atoms with E-state index < -0.39 is 12.2 Å². The second-order valence-corrected chi connectivity index (χ2v) is 5.54. The number of ether oxygens (including phenoxy) is 3. The van der Waals surface area contributed by atoms with Crippen molar-refractivity contribution < 1.29 is 19.0 Å². The first-order valence-electron chi connectivity index (χ1n) is 8.34. The average molecular weight is 354 g/mol. The molecule has 2 aromatic rings. The van der Waals surface area contributed by atoms with Crippen LogP contribution in [0.15, 0.2) is 48.5 Å². The highest BCUT2D eigenvalue weighted by atomic mass is 16.5. The van der Waals surface area contributed by atoms with Gasteiger partial charge in [0, 0.05) is 6.54 Å². The van der Waals surface area contributed by atoms with Gasteiger partial charge in [-0.05, 0) is 29.7 Å². The molecule has 1 amide bonds. The van der Waals surface area contributed by atoms with Crippen molar-refractivity contribution in [3.63, 3.8) is 0 Å². The van der Waals surface area contributed by atoms with Crippen LogP contribution in [0.1, 0.15) is 24.5 Å². The number of benzene rings is 2. The fourth-order valence-electron chi connectivity index (χ4n) is 2.23. The highest BCUT2D eigenvalue weighted by Gasteiger charge is 2.12. The van der Waals surface area contributed by atoms with E-state index in [1.165, 1.54) is 7.11 Å². The molecule has 136 valence electrons. The maximum Gasteiger partial charge on any atom is 0.407 e. The third-order valence-corrected chi connectivity index (χ3v) is 3.66. The van der Waals surface area contributed by atoms with E-state index in [0.29, 0.717) is 17.9 Å². The summed E-state index contributed by atoms with van der Waals surface area (Å²) >= 11 is 0. The van der Waals surface area contributed by atoms with E-state index in [0.717, 1.165) is 11.1 Å². The van der Waals surface area contributed by atoms with Crippen LogP contribution in [-0.2, 0) is 17.9 Å². The summed E-state index contributed by atoms with van der Waals surface area (Å²) in [4.78, 5) is 11.8. The Morgan fingerprint density at radius 1 is 1.15 bits per heavy atom. The number of carbonyl (C=O) groups excluding carboxylic acids is 1. The second-order valence-electron chi connectivity index (χ2n) is 5.54. The number of nitrogens with one attached hydrogen (secondary N) is 1. The maximum atomic E-state index is 11.8. The molecule has 0 radical (unpaired) electrons. The lowest BCUT2D eigenvalue weighted by molar-refractivity contribution is 0.139. The molecule has 0 aliphatic heterocycles. The number of hydrogen-bond donors (Lipinski definition) is 1. The van der Waals surface area contributed by atoms with Gasteiger partial charge in [0.05, 0.1) is 7.11 Å². The molecule has 2 aromatic carbocycles. The summed E-state index contributed by atoms with van der Waals surface area (Å²) in [5.41, 5.74) is 1.73. The molecule has 0 saturated carbocycles. The lowest BCUT2D eigenvalue weighted by Gasteiger charge is -2.15. The van der Waals surface area contributed by atoms with Crippen molar-refractivity contribution in [1.29, 1.82) is 5.26 Å². The van der Waals surface area contributed by atoms with Gasteiger partial charge in [0.25, 0.3) is 0 Å². The second kappa shape index (κ2) is 9.94. The molecule has 1 unspecified atom stereocenters. The predicted molar refractivity (Wildman–Crippen MR) is 96.8 cm³/mol. The number of nitriles is 1. The van der Waals surface area contributed by atoms with Crippen molar-refractivity contribution in [2.24, 2.45) is 0 Å². The van der Waals surface area contributed by atoms with Crippen molar-refractivity contribution in [3.8, 4) is 17.6 Å². The zero-order valence-electron chi connectivity index (χ0n) is 14.9. The van der Waals surface area contributed by atoms with E-state index in [1.807, 2.05) is 43.3 Å². The Hall–Kier alpha value is -3.20. The van der Waals surface area contributed by atoms with E-state index in [1.54, 1.807) is 12.1 Å². The van der Waals surface area contributed by atoms with Crippen LogP contribution in [0.5, 0.6) is 11.5 Å². The first-order valence-corrected chi connectivity index (χ1v) is 8.34. The van der Waals surface area contributed by atoms with E-state index >= 15 is 0 Å². The zero-order valence-corrected chi connectivity index (χ0v) is 14.9. The minimum absolute atomic E-state index is 0.212. The standard InChI is InChI=1S/C20H22N2O4/c1-3-17(12-21)26-19-11-16(9-10-18(19)24-2)13-22-20(23)25-14-15-7-5-4-6-8-15/h4-11,17H,3,13-14H2,1-2H3,(H,22,23). The maximum absolute atomic E-state index is 11.8. The van der Waals surface area contributed by atoms with Gasteiger partial charge < -0.3 is 19.5 Å². The third-order valence-electron chi connectivity index (χ3n) is 3.66. The van der Waals surface area contributed by atoms with E-state index in [9.17, 15) is 4.79 Å². The molecular weight excluding hydrogens is 332 g/mol. The fraction of sp³-hybridized carbons (Fsp3) is 0.300. The van der Waals surface area contributed by atoms with Gasteiger partial charge >= 0.3 is 6.09 Å². The topological polar surface area (TPSA) is 80.6 Å². The minimum Gasteiger partial charge on any atom is -0.493 e. The number of amides is 1. The number of nitrogens with zero attached hydrogens (tertiary/aromatic N) is 1. The van der Waals surface area contributed by atoms with Crippen molar-refractivity contribution in [2.45, 2.75) is 32.6 Å². The average Bonchev–Trinajstić information content (AvgIpc) is 2.69. The van der Waals surface area contributed by atoms with Gasteiger partial charge in [-0.25, -0.2) is 4.79 Å². The van der Waals surface area contributed by atoms with Gasteiger partial charge in [0.15, 0.2) is 17.6 Å². The quantitative estimate of drug-likeness (QED) is 0.780. The normalized spacial score (nSPS) is 11.1. The molecule has 1 atom stereocenters. The summed E-state index contributed by atoms with van der Waals surface area (Å²) in [7, 11) is 1.54. The van der Waals surface area contributed by atoms with Crippen LogP contribution < -0.4 is 14.8 Å². The summed E-state index contributed by atoms with van der Waals surface area (Å²) in [6, 6.07) is 16.9. The molecular formula is C20H22N2O4. The molecule has 6 nitrogen and oxygen atoms in total. The van der Waals surface area contributed by atoms with Crippen LogP contribution in [0, 0.1) is 11.3 Å². The first-order chi connectivity index (χ1) is 12.7. The van der Waals surface area contributed by atoms with Crippen LogP contribution in [0.4, 0.5) is 4.79 Å². The lowest BCUT2D eigenvalue weighted by atomic mass is 10.2. The molecule has 0 spiro atoms. The van der Waals surface area contributed by atoms with Gasteiger partial charge in [0.1, 0.15) is 12.7 Å². The summed E-state index contributed by atoms with van der Waals surface area (Å²) in [5.74, 6) is 1.01. The Bertz CT molecular complexity index is 756. The van der Waals surface area contributed by atoms with Gasteiger partial charge in [-0.2, -0.15) is 5.26 Å². The van der Waals surface area contributed by atoms with Gasteiger partial charge in [-0.3, -0.25) is 0 Å². The SMILES string of the molecule is CCC(C#N)Oc1cc(CNC(=O)OCc2ccccc2)ccc1OC. The third kappa shape index (κ3) is 5.71. The smallest absolute Gasteiger partial charge is 0.407 e. The molecule has 2 rings (SSSR count). The van der Waals surface area contributed by atoms with Crippen molar-refractivity contribution in [2.75, 3.05) is 7.11 Å². The summed E-state index contributed by atoms with van der Waals surface area (Å²) in [6.07, 6.45) is -0.493. The van der Waals surface area contributed by atoms with Crippen LogP contribution in [0.3, 0.4) is 0 Å². The largest absolute Gasteiger partial charge is 0.493 e. The molecule has 0 aliphatic carbocycles. The van der Waals surface area contributed by atoms with E-state index in [4.69, 9.17) is 19.5 Å². The fourth-order valence-corrected chi connectivity index (χ4v) is 2.23. The van der Waals surface area contributed by atoms with Crippen LogP contribution in [0.2, 0.25) is 0 Å². The van der Waals surface area contributed by atoms with E-state index in [2.05, 4.69) is 11.4 Å². The van der Waals surface area contributed by atoms with Gasteiger partial charge in [-0.1, -0.05) is 43.3 Å². The molecule has 1 N–H and O–H groups in total. The van der Waals surface area contributed by atoms with Gasteiger partial charge in [0.2, 0.25) is 0 Å². The number of carbonyl (C=O) groups is 1. The van der Waals surface area contributed by atoms with Crippen LogP contribution >= 0.6 is 0 Å². The summed E-state index contributed by atoms with van der Waals surface area (Å²) < 4.78 is 16.1. The summed E-state index contributed by atoms with van der Waals surface area (Å²) in [6.45, 7) is 2.36. The van der Waals surface area contributed by atoms with Crippen LogP contribution in [0.25, 0.3) is 0 Å². The monoisotopic (exact) mass is 354 g/mol. The van der Waals surface area contributed by atoms with Crippen LogP contribution in [-0.4, -0.2) is 19.3 Å². The van der Waals surface area contributed by atoms with Crippen molar-refractivity contribution in [3.05, 3.63) is 59.7 Å². The molecule has 0 heterocycles. The molecule has 0 aliphatic rings. The Kier molecular flexibility index (Phi) is 7.31.